The number of nitrogens with zero attached hydrogens (tertiary/aromatic N) is 5. The Kier molecular flexibility index (Phi) is 4.75. The van der Waals surface area contributed by atoms with Crippen molar-refractivity contribution in [3.8, 4) is 28.7 Å². The van der Waals surface area contributed by atoms with Crippen LogP contribution in [0.1, 0.15) is 12.8 Å². The van der Waals surface area contributed by atoms with Gasteiger partial charge in [0.2, 0.25) is 5.91 Å². The van der Waals surface area contributed by atoms with E-state index in [0.717, 1.165) is 18.4 Å². The normalized spacial score (nSPS) is 13.1. The lowest BCUT2D eigenvalue weighted by Crippen LogP contribution is -2.15. The molecule has 0 aliphatic heterocycles. The van der Waals surface area contributed by atoms with Gasteiger partial charge in [-0.2, -0.15) is 5.10 Å². The highest BCUT2D eigenvalue weighted by molar-refractivity contribution is 5.94. The fraction of sp³-hybridized carbons (Fsp3) is 0.200. The van der Waals surface area contributed by atoms with Crippen molar-refractivity contribution in [2.75, 3.05) is 17.7 Å². The average molecular weight is 417 g/mol. The molecular weight excluding hydrogens is 398 g/mol. The Labute approximate surface area is 176 Å². The number of aromatic nitrogens is 7. The SMILES string of the molecule is COc1c(Nc2cc(NC(=O)C3CC3)nnc2-c2ncc[nH]2)cccc1-c1nc[nH]n1. The predicted octanol–water partition coefficient (Wildman–Crippen LogP) is 2.75. The Morgan fingerprint density at radius 3 is 2.81 bits per heavy atom. The van der Waals surface area contributed by atoms with E-state index < -0.39 is 0 Å². The van der Waals surface area contributed by atoms with Crippen LogP contribution in [0.15, 0.2) is 43.0 Å². The van der Waals surface area contributed by atoms with Crippen molar-refractivity contribution in [2.24, 2.45) is 5.92 Å². The van der Waals surface area contributed by atoms with Crippen molar-refractivity contribution in [2.45, 2.75) is 12.8 Å². The summed E-state index contributed by atoms with van der Waals surface area (Å²) in [6.45, 7) is 0. The number of benzene rings is 1. The topological polar surface area (TPSA) is 146 Å². The first-order valence-electron chi connectivity index (χ1n) is 9.71. The third-order valence-electron chi connectivity index (χ3n) is 4.86. The number of nitrogens with one attached hydrogen (secondary N) is 4. The zero-order chi connectivity index (χ0) is 21.2. The van der Waals surface area contributed by atoms with Gasteiger partial charge in [-0.1, -0.05) is 6.07 Å². The number of methoxy groups -OCH3 is 1. The average Bonchev–Trinajstić information content (AvgIpc) is 3.24. The van der Waals surface area contributed by atoms with E-state index >= 15 is 0 Å². The number of anilines is 3. The van der Waals surface area contributed by atoms with Crippen LogP contribution in [0.25, 0.3) is 22.9 Å². The van der Waals surface area contributed by atoms with E-state index in [4.69, 9.17) is 4.74 Å². The molecule has 0 radical (unpaired) electrons. The Morgan fingerprint density at radius 1 is 1.19 bits per heavy atom. The summed E-state index contributed by atoms with van der Waals surface area (Å²) >= 11 is 0. The molecule has 1 aliphatic rings. The minimum Gasteiger partial charge on any atom is -0.494 e. The summed E-state index contributed by atoms with van der Waals surface area (Å²) in [6.07, 6.45) is 6.65. The molecule has 0 atom stereocenters. The van der Waals surface area contributed by atoms with Crippen LogP contribution in [0, 0.1) is 5.92 Å². The van der Waals surface area contributed by atoms with Gasteiger partial charge in [-0.05, 0) is 25.0 Å². The van der Waals surface area contributed by atoms with E-state index in [1.807, 2.05) is 18.2 Å². The molecule has 3 heterocycles. The Hall–Kier alpha value is -4.28. The number of carbonyl (C=O) groups excluding carboxylic acids is 1. The fourth-order valence-electron chi connectivity index (χ4n) is 3.21. The van der Waals surface area contributed by atoms with Gasteiger partial charge in [0, 0.05) is 24.4 Å². The number of amides is 1. The molecule has 1 saturated carbocycles. The van der Waals surface area contributed by atoms with Gasteiger partial charge in [0.15, 0.2) is 28.9 Å². The van der Waals surface area contributed by atoms with Crippen LogP contribution in [0.4, 0.5) is 17.2 Å². The summed E-state index contributed by atoms with van der Waals surface area (Å²) in [5, 5.41) is 21.5. The number of imidazole rings is 1. The van der Waals surface area contributed by atoms with Gasteiger partial charge in [-0.3, -0.25) is 9.89 Å². The van der Waals surface area contributed by atoms with E-state index in [1.165, 1.54) is 6.33 Å². The molecule has 0 unspecified atom stereocenters. The minimum atomic E-state index is -0.0461. The second-order valence-corrected chi connectivity index (χ2v) is 7.03. The van der Waals surface area contributed by atoms with E-state index in [2.05, 4.69) is 46.0 Å². The van der Waals surface area contributed by atoms with Crippen LogP contribution in [0.3, 0.4) is 0 Å². The first-order chi connectivity index (χ1) is 15.2. The zero-order valence-electron chi connectivity index (χ0n) is 16.6. The minimum absolute atomic E-state index is 0.0461. The number of para-hydroxylation sites is 1. The van der Waals surface area contributed by atoms with Crippen LogP contribution in [0.5, 0.6) is 5.75 Å². The van der Waals surface area contributed by atoms with Crippen LogP contribution < -0.4 is 15.4 Å². The number of rotatable bonds is 7. The molecule has 1 fully saturated rings. The maximum atomic E-state index is 12.2. The molecule has 4 N–H and O–H groups in total. The molecule has 0 saturated heterocycles. The van der Waals surface area contributed by atoms with Gasteiger partial charge < -0.3 is 20.4 Å². The summed E-state index contributed by atoms with van der Waals surface area (Å²) < 4.78 is 5.65. The summed E-state index contributed by atoms with van der Waals surface area (Å²) in [7, 11) is 1.58. The molecular formula is C20H19N9O2. The molecule has 156 valence electrons. The highest BCUT2D eigenvalue weighted by Crippen LogP contribution is 2.38. The van der Waals surface area contributed by atoms with Crippen LogP contribution in [-0.4, -0.2) is 48.4 Å². The molecule has 1 amide bonds. The highest BCUT2D eigenvalue weighted by atomic mass is 16.5. The molecule has 11 heteroatoms. The molecule has 4 aromatic rings. The maximum absolute atomic E-state index is 12.2. The van der Waals surface area contributed by atoms with Crippen molar-refractivity contribution in [1.82, 2.24) is 35.3 Å². The van der Waals surface area contributed by atoms with Crippen LogP contribution >= 0.6 is 0 Å². The van der Waals surface area contributed by atoms with Gasteiger partial charge in [0.1, 0.15) is 6.33 Å². The Balaban J connectivity index is 1.54. The number of ether oxygens (including phenoxy) is 1. The highest BCUT2D eigenvalue weighted by Gasteiger charge is 2.30. The number of H-pyrrole nitrogens is 2. The summed E-state index contributed by atoms with van der Waals surface area (Å²) in [5.74, 6) is 1.99. The zero-order valence-corrected chi connectivity index (χ0v) is 16.6. The molecule has 1 aromatic carbocycles. The standard InChI is InChI=1S/C20H19N9O2/c1-31-17-12(18-23-10-24-29-18)3-2-4-13(17)25-14-9-15(26-20(30)11-5-6-11)27-28-16(14)19-21-7-8-22-19/h2-4,7-11H,5-6H2,1H3,(H,21,22)(H,23,24,29)(H2,25,26,27,30). The second kappa shape index (κ2) is 7.86. The number of hydrogen-bond acceptors (Lipinski definition) is 8. The molecule has 1 aliphatic carbocycles. The van der Waals surface area contributed by atoms with E-state index in [0.29, 0.717) is 40.3 Å². The monoisotopic (exact) mass is 417 g/mol. The number of carbonyl (C=O) groups is 1. The number of aromatic amines is 2. The van der Waals surface area contributed by atoms with Crippen molar-refractivity contribution in [3.05, 3.63) is 43.0 Å². The molecule has 5 rings (SSSR count). The van der Waals surface area contributed by atoms with Gasteiger partial charge >= 0.3 is 0 Å². The van der Waals surface area contributed by atoms with E-state index in [9.17, 15) is 4.79 Å². The van der Waals surface area contributed by atoms with Crippen molar-refractivity contribution in [3.63, 3.8) is 0 Å². The second-order valence-electron chi connectivity index (χ2n) is 7.03. The predicted molar refractivity (Wildman–Crippen MR) is 113 cm³/mol. The molecule has 31 heavy (non-hydrogen) atoms. The van der Waals surface area contributed by atoms with Crippen molar-refractivity contribution < 1.29 is 9.53 Å². The maximum Gasteiger partial charge on any atom is 0.228 e. The summed E-state index contributed by atoms with van der Waals surface area (Å²) in [6, 6.07) is 7.33. The van der Waals surface area contributed by atoms with E-state index in [-0.39, 0.29) is 11.8 Å². The van der Waals surface area contributed by atoms with Crippen LogP contribution in [0.2, 0.25) is 0 Å². The molecule has 3 aromatic heterocycles. The Morgan fingerprint density at radius 2 is 2.10 bits per heavy atom. The fourth-order valence-corrected chi connectivity index (χ4v) is 3.21. The first-order valence-corrected chi connectivity index (χ1v) is 9.71. The Bertz CT molecular complexity index is 1200. The molecule has 11 nitrogen and oxygen atoms in total. The molecule has 0 spiro atoms. The third kappa shape index (κ3) is 3.80. The van der Waals surface area contributed by atoms with Gasteiger partial charge in [-0.15, -0.1) is 10.2 Å². The lowest BCUT2D eigenvalue weighted by molar-refractivity contribution is -0.117. The number of hydrogen-bond donors (Lipinski definition) is 4. The smallest absolute Gasteiger partial charge is 0.228 e. The third-order valence-corrected chi connectivity index (χ3v) is 4.86. The largest absolute Gasteiger partial charge is 0.494 e. The lowest BCUT2D eigenvalue weighted by atomic mass is 10.1. The van der Waals surface area contributed by atoms with Crippen molar-refractivity contribution in [1.29, 1.82) is 0 Å². The summed E-state index contributed by atoms with van der Waals surface area (Å²) in [5.41, 5.74) is 2.49. The summed E-state index contributed by atoms with van der Waals surface area (Å²) in [4.78, 5) is 23.7. The quantitative estimate of drug-likeness (QED) is 0.359. The van der Waals surface area contributed by atoms with Gasteiger partial charge in [0.25, 0.3) is 0 Å². The molecule has 0 bridgehead atoms. The van der Waals surface area contributed by atoms with E-state index in [1.54, 1.807) is 25.6 Å². The van der Waals surface area contributed by atoms with Crippen molar-refractivity contribution >= 4 is 23.1 Å². The first kappa shape index (κ1) is 18.7. The lowest BCUT2D eigenvalue weighted by Gasteiger charge is -2.16. The van der Waals surface area contributed by atoms with Crippen LogP contribution in [-0.2, 0) is 4.79 Å². The van der Waals surface area contributed by atoms with Gasteiger partial charge in [0.05, 0.1) is 24.0 Å². The van der Waals surface area contributed by atoms with Gasteiger partial charge in [-0.25, -0.2) is 9.97 Å².